The number of carbonyl (C=O) groups is 1. The Labute approximate surface area is 146 Å². The molecule has 7 nitrogen and oxygen atoms in total. The second kappa shape index (κ2) is 7.94. The number of hydrogen-bond donors (Lipinski definition) is 1. The third kappa shape index (κ3) is 4.24. The molecule has 0 spiro atoms. The normalized spacial score (nSPS) is 15.1. The monoisotopic (exact) mass is 342 g/mol. The van der Waals surface area contributed by atoms with Gasteiger partial charge in [0.2, 0.25) is 0 Å². The highest BCUT2D eigenvalue weighted by molar-refractivity contribution is 5.94. The Morgan fingerprint density at radius 2 is 2.00 bits per heavy atom. The van der Waals surface area contributed by atoms with Gasteiger partial charge in [-0.05, 0) is 18.6 Å². The lowest BCUT2D eigenvalue weighted by Crippen LogP contribution is -2.35. The van der Waals surface area contributed by atoms with Gasteiger partial charge in [0.15, 0.2) is 0 Å². The number of rotatable bonds is 4. The summed E-state index contributed by atoms with van der Waals surface area (Å²) in [5, 5.41) is 0. The highest BCUT2D eigenvalue weighted by Crippen LogP contribution is 2.14. The van der Waals surface area contributed by atoms with Gasteiger partial charge in [0, 0.05) is 44.9 Å². The molecule has 0 saturated carbocycles. The molecule has 1 fully saturated rings. The van der Waals surface area contributed by atoms with Crippen molar-refractivity contribution in [1.82, 2.24) is 14.9 Å². The minimum atomic E-state index is -0.196. The lowest BCUT2D eigenvalue weighted by Gasteiger charge is -2.23. The fraction of sp³-hybridized carbons (Fsp3) is 0.389. The molecule has 132 valence electrons. The molecule has 1 N–H and O–H groups in total. The first kappa shape index (κ1) is 17.2. The molecule has 0 atom stereocenters. The van der Waals surface area contributed by atoms with Gasteiger partial charge in [-0.25, -0.2) is 4.98 Å². The predicted octanol–water partition coefficient (Wildman–Crippen LogP) is 1.27. The van der Waals surface area contributed by atoms with Crippen LogP contribution in [0.1, 0.15) is 22.6 Å². The third-order valence-corrected chi connectivity index (χ3v) is 4.19. The number of nitrogens with one attached hydrogen (secondary N) is 1. The van der Waals surface area contributed by atoms with E-state index in [1.54, 1.807) is 7.11 Å². The van der Waals surface area contributed by atoms with Crippen molar-refractivity contribution in [2.45, 2.75) is 13.0 Å². The average molecular weight is 342 g/mol. The molecule has 25 heavy (non-hydrogen) atoms. The summed E-state index contributed by atoms with van der Waals surface area (Å²) in [5.41, 5.74) is 0.506. The molecule has 1 aromatic carbocycles. The van der Waals surface area contributed by atoms with Crippen LogP contribution in [0.3, 0.4) is 0 Å². The number of anilines is 1. The molecular weight excluding hydrogens is 320 g/mol. The Balaban J connectivity index is 1.71. The van der Waals surface area contributed by atoms with E-state index >= 15 is 0 Å². The van der Waals surface area contributed by atoms with Gasteiger partial charge in [-0.3, -0.25) is 9.59 Å². The number of carbonyl (C=O) groups excluding carboxylic acids is 1. The Morgan fingerprint density at radius 3 is 2.76 bits per heavy atom. The van der Waals surface area contributed by atoms with E-state index in [0.29, 0.717) is 36.8 Å². The Hall–Kier alpha value is -2.67. The van der Waals surface area contributed by atoms with Crippen LogP contribution in [0.15, 0.2) is 41.2 Å². The number of hydrogen-bond acceptors (Lipinski definition) is 5. The topological polar surface area (TPSA) is 78.5 Å². The summed E-state index contributed by atoms with van der Waals surface area (Å²) >= 11 is 0. The van der Waals surface area contributed by atoms with Gasteiger partial charge >= 0.3 is 0 Å². The minimum Gasteiger partial charge on any atom is -0.377 e. The maximum atomic E-state index is 12.6. The number of H-pyrrole nitrogens is 1. The molecule has 7 heteroatoms. The van der Waals surface area contributed by atoms with Gasteiger partial charge in [0.25, 0.3) is 11.5 Å². The van der Waals surface area contributed by atoms with Crippen LogP contribution in [0.5, 0.6) is 0 Å². The molecule has 3 rings (SSSR count). The maximum Gasteiger partial charge on any atom is 0.253 e. The van der Waals surface area contributed by atoms with Crippen molar-refractivity contribution in [3.8, 4) is 0 Å². The van der Waals surface area contributed by atoms with E-state index in [0.717, 1.165) is 13.0 Å². The van der Waals surface area contributed by atoms with Gasteiger partial charge < -0.3 is 19.5 Å². The van der Waals surface area contributed by atoms with Crippen molar-refractivity contribution in [2.24, 2.45) is 0 Å². The SMILES string of the molecule is COCc1nc(N2CCCN(C(=O)c3ccccc3)CC2)cc(=O)[nH]1. The largest absolute Gasteiger partial charge is 0.377 e. The van der Waals surface area contributed by atoms with Crippen molar-refractivity contribution in [1.29, 1.82) is 0 Å². The number of aromatic amines is 1. The predicted molar refractivity (Wildman–Crippen MR) is 94.7 cm³/mol. The molecular formula is C18H22N4O3. The van der Waals surface area contributed by atoms with Gasteiger partial charge in [-0.2, -0.15) is 0 Å². The maximum absolute atomic E-state index is 12.6. The van der Waals surface area contributed by atoms with Crippen LogP contribution < -0.4 is 10.5 Å². The average Bonchev–Trinajstić information content (AvgIpc) is 2.88. The molecule has 1 aliphatic heterocycles. The Bertz CT molecular complexity index is 775. The summed E-state index contributed by atoms with van der Waals surface area (Å²) in [6, 6.07) is 10.8. The van der Waals surface area contributed by atoms with E-state index in [9.17, 15) is 9.59 Å². The van der Waals surface area contributed by atoms with Crippen LogP contribution in [0.25, 0.3) is 0 Å². The van der Waals surface area contributed by atoms with Crippen molar-refractivity contribution in [3.63, 3.8) is 0 Å². The van der Waals surface area contributed by atoms with E-state index in [4.69, 9.17) is 4.74 Å². The number of methoxy groups -OCH3 is 1. The third-order valence-electron chi connectivity index (χ3n) is 4.19. The second-order valence-electron chi connectivity index (χ2n) is 5.98. The van der Waals surface area contributed by atoms with E-state index < -0.39 is 0 Å². The fourth-order valence-corrected chi connectivity index (χ4v) is 2.97. The molecule has 1 amide bonds. The van der Waals surface area contributed by atoms with E-state index in [-0.39, 0.29) is 18.1 Å². The summed E-state index contributed by atoms with van der Waals surface area (Å²) in [5.74, 6) is 1.18. The zero-order chi connectivity index (χ0) is 17.6. The minimum absolute atomic E-state index is 0.0430. The van der Waals surface area contributed by atoms with Crippen molar-refractivity contribution in [3.05, 3.63) is 58.1 Å². The van der Waals surface area contributed by atoms with Gasteiger partial charge in [-0.1, -0.05) is 18.2 Å². The van der Waals surface area contributed by atoms with E-state index in [1.807, 2.05) is 40.1 Å². The highest BCUT2D eigenvalue weighted by atomic mass is 16.5. The first-order chi connectivity index (χ1) is 12.2. The van der Waals surface area contributed by atoms with Crippen molar-refractivity contribution < 1.29 is 9.53 Å². The van der Waals surface area contributed by atoms with Crippen LogP contribution in [0.4, 0.5) is 5.82 Å². The summed E-state index contributed by atoms with van der Waals surface area (Å²) in [6.45, 7) is 2.94. The fourth-order valence-electron chi connectivity index (χ4n) is 2.97. The molecule has 0 unspecified atom stereocenters. The van der Waals surface area contributed by atoms with E-state index in [1.165, 1.54) is 6.07 Å². The molecule has 2 aromatic rings. The molecule has 0 bridgehead atoms. The van der Waals surface area contributed by atoms with Gasteiger partial charge in [0.05, 0.1) is 0 Å². The van der Waals surface area contributed by atoms with E-state index in [2.05, 4.69) is 9.97 Å². The number of benzene rings is 1. The van der Waals surface area contributed by atoms with Crippen LogP contribution in [-0.4, -0.2) is 54.1 Å². The summed E-state index contributed by atoms with van der Waals surface area (Å²) in [6.07, 6.45) is 0.826. The number of nitrogens with zero attached hydrogens (tertiary/aromatic N) is 3. The van der Waals surface area contributed by atoms with Crippen LogP contribution in [0, 0.1) is 0 Å². The Kier molecular flexibility index (Phi) is 5.45. The molecule has 1 aromatic heterocycles. The molecule has 0 radical (unpaired) electrons. The summed E-state index contributed by atoms with van der Waals surface area (Å²) in [4.78, 5) is 35.5. The summed E-state index contributed by atoms with van der Waals surface area (Å²) in [7, 11) is 1.56. The smallest absolute Gasteiger partial charge is 0.253 e. The van der Waals surface area contributed by atoms with Crippen LogP contribution in [-0.2, 0) is 11.3 Å². The quantitative estimate of drug-likeness (QED) is 0.905. The van der Waals surface area contributed by atoms with Gasteiger partial charge in [0.1, 0.15) is 18.2 Å². The highest BCUT2D eigenvalue weighted by Gasteiger charge is 2.21. The lowest BCUT2D eigenvalue weighted by atomic mass is 10.2. The van der Waals surface area contributed by atoms with Gasteiger partial charge in [-0.15, -0.1) is 0 Å². The molecule has 0 aliphatic carbocycles. The van der Waals surface area contributed by atoms with Crippen LogP contribution >= 0.6 is 0 Å². The Morgan fingerprint density at radius 1 is 1.20 bits per heavy atom. The lowest BCUT2D eigenvalue weighted by molar-refractivity contribution is 0.0767. The zero-order valence-corrected chi connectivity index (χ0v) is 14.3. The molecule has 1 aliphatic rings. The van der Waals surface area contributed by atoms with Crippen molar-refractivity contribution >= 4 is 11.7 Å². The molecule has 2 heterocycles. The number of aromatic nitrogens is 2. The first-order valence-corrected chi connectivity index (χ1v) is 8.36. The first-order valence-electron chi connectivity index (χ1n) is 8.36. The zero-order valence-electron chi connectivity index (χ0n) is 14.3. The second-order valence-corrected chi connectivity index (χ2v) is 5.98. The van der Waals surface area contributed by atoms with Crippen molar-refractivity contribution in [2.75, 3.05) is 38.2 Å². The number of amides is 1. The number of ether oxygens (including phenoxy) is 1. The standard InChI is InChI=1S/C18H22N4O3/c1-25-13-15-19-16(12-17(23)20-15)21-8-5-9-22(11-10-21)18(24)14-6-3-2-4-7-14/h2-4,6-7,12H,5,8-11,13H2,1H3,(H,19,20,23). The summed E-state index contributed by atoms with van der Waals surface area (Å²) < 4.78 is 5.04. The molecule has 1 saturated heterocycles. The van der Waals surface area contributed by atoms with Crippen LogP contribution in [0.2, 0.25) is 0 Å².